The number of ether oxygens (including phenoxy) is 1. The predicted molar refractivity (Wildman–Crippen MR) is 89.1 cm³/mol. The summed E-state index contributed by atoms with van der Waals surface area (Å²) in [6.07, 6.45) is 1.96. The van der Waals surface area contributed by atoms with E-state index in [0.717, 1.165) is 18.5 Å². The topological polar surface area (TPSA) is 29.5 Å². The molecule has 0 aliphatic carbocycles. The van der Waals surface area contributed by atoms with Gasteiger partial charge in [-0.25, -0.2) is 0 Å². The van der Waals surface area contributed by atoms with Gasteiger partial charge >= 0.3 is 0 Å². The van der Waals surface area contributed by atoms with Crippen LogP contribution in [0.2, 0.25) is 10.0 Å². The SMILES string of the molecule is O=C(COc1cccc(Cl)c1Cl)N1CCCc2ccccc21. The van der Waals surface area contributed by atoms with E-state index in [1.165, 1.54) is 5.56 Å². The number of carbonyl (C=O) groups is 1. The zero-order valence-electron chi connectivity index (χ0n) is 11.9. The highest BCUT2D eigenvalue weighted by molar-refractivity contribution is 6.42. The molecule has 0 N–H and O–H groups in total. The van der Waals surface area contributed by atoms with E-state index in [4.69, 9.17) is 27.9 Å². The molecular formula is C17H15Cl2NO2. The number of aryl methyl sites for hydroxylation is 1. The molecule has 0 radical (unpaired) electrons. The highest BCUT2D eigenvalue weighted by Gasteiger charge is 2.22. The number of benzene rings is 2. The second kappa shape index (κ2) is 6.59. The molecule has 22 heavy (non-hydrogen) atoms. The monoisotopic (exact) mass is 335 g/mol. The average Bonchev–Trinajstić information content (AvgIpc) is 2.55. The van der Waals surface area contributed by atoms with Crippen LogP contribution in [0, 0.1) is 0 Å². The number of hydrogen-bond acceptors (Lipinski definition) is 2. The summed E-state index contributed by atoms with van der Waals surface area (Å²) in [7, 11) is 0. The lowest BCUT2D eigenvalue weighted by molar-refractivity contribution is -0.120. The number of amides is 1. The number of fused-ring (bicyclic) bond motifs is 1. The van der Waals surface area contributed by atoms with Crippen molar-refractivity contribution in [3.05, 3.63) is 58.1 Å². The first-order valence-corrected chi connectivity index (χ1v) is 7.87. The first-order valence-electron chi connectivity index (χ1n) is 7.12. The van der Waals surface area contributed by atoms with Gasteiger partial charge in [0.1, 0.15) is 10.8 Å². The van der Waals surface area contributed by atoms with Crippen molar-refractivity contribution < 1.29 is 9.53 Å². The van der Waals surface area contributed by atoms with Crippen molar-refractivity contribution in [2.24, 2.45) is 0 Å². The molecule has 0 spiro atoms. The predicted octanol–water partition coefficient (Wildman–Crippen LogP) is 4.35. The Hall–Kier alpha value is -1.71. The van der Waals surface area contributed by atoms with Gasteiger partial charge in [0.2, 0.25) is 0 Å². The molecule has 1 amide bonds. The zero-order valence-corrected chi connectivity index (χ0v) is 13.4. The highest BCUT2D eigenvalue weighted by Crippen LogP contribution is 2.32. The van der Waals surface area contributed by atoms with E-state index in [1.807, 2.05) is 18.2 Å². The second-order valence-corrected chi connectivity index (χ2v) is 5.90. The van der Waals surface area contributed by atoms with Crippen LogP contribution in [-0.4, -0.2) is 19.1 Å². The molecule has 1 heterocycles. The number of rotatable bonds is 3. The van der Waals surface area contributed by atoms with Gasteiger partial charge in [-0.2, -0.15) is 0 Å². The average molecular weight is 336 g/mol. The van der Waals surface area contributed by atoms with E-state index in [0.29, 0.717) is 22.3 Å². The molecule has 1 aliphatic heterocycles. The Balaban J connectivity index is 1.72. The molecule has 3 rings (SSSR count). The normalized spacial score (nSPS) is 13.6. The van der Waals surface area contributed by atoms with Crippen molar-refractivity contribution in [2.45, 2.75) is 12.8 Å². The molecule has 0 bridgehead atoms. The van der Waals surface area contributed by atoms with E-state index in [1.54, 1.807) is 23.1 Å². The molecule has 2 aromatic carbocycles. The highest BCUT2D eigenvalue weighted by atomic mass is 35.5. The van der Waals surface area contributed by atoms with Crippen molar-refractivity contribution in [1.29, 1.82) is 0 Å². The van der Waals surface area contributed by atoms with Crippen LogP contribution < -0.4 is 9.64 Å². The standard InChI is InChI=1S/C17H15Cl2NO2/c18-13-7-3-9-15(17(13)19)22-11-16(21)20-10-4-6-12-5-1-2-8-14(12)20/h1-3,5,7-9H,4,6,10-11H2. The minimum Gasteiger partial charge on any atom is -0.482 e. The maximum absolute atomic E-state index is 12.5. The Morgan fingerprint density at radius 2 is 1.95 bits per heavy atom. The molecule has 5 heteroatoms. The number of para-hydroxylation sites is 1. The van der Waals surface area contributed by atoms with E-state index >= 15 is 0 Å². The summed E-state index contributed by atoms with van der Waals surface area (Å²) in [5.41, 5.74) is 2.17. The molecule has 3 nitrogen and oxygen atoms in total. The van der Waals surface area contributed by atoms with E-state index in [-0.39, 0.29) is 12.5 Å². The lowest BCUT2D eigenvalue weighted by atomic mass is 10.0. The summed E-state index contributed by atoms with van der Waals surface area (Å²) in [5, 5.41) is 0.742. The van der Waals surface area contributed by atoms with Gasteiger partial charge in [-0.05, 0) is 36.6 Å². The van der Waals surface area contributed by atoms with E-state index in [2.05, 4.69) is 6.07 Å². The molecule has 0 fully saturated rings. The first kappa shape index (κ1) is 15.2. The van der Waals surface area contributed by atoms with Gasteiger partial charge in [-0.1, -0.05) is 47.5 Å². The summed E-state index contributed by atoms with van der Waals surface area (Å²) in [6, 6.07) is 13.1. The molecular weight excluding hydrogens is 321 g/mol. The van der Waals surface area contributed by atoms with Crippen LogP contribution in [0.3, 0.4) is 0 Å². The third kappa shape index (κ3) is 3.06. The van der Waals surface area contributed by atoms with Gasteiger partial charge in [-0.3, -0.25) is 4.79 Å². The van der Waals surface area contributed by atoms with Gasteiger partial charge in [0.15, 0.2) is 6.61 Å². The fraction of sp³-hybridized carbons (Fsp3) is 0.235. The Morgan fingerprint density at radius 3 is 2.82 bits per heavy atom. The maximum Gasteiger partial charge on any atom is 0.264 e. The Labute approximate surface area is 139 Å². The minimum atomic E-state index is -0.0804. The molecule has 0 saturated heterocycles. The van der Waals surface area contributed by atoms with Gasteiger partial charge in [0.25, 0.3) is 5.91 Å². The summed E-state index contributed by atoms with van der Waals surface area (Å²) >= 11 is 12.0. The van der Waals surface area contributed by atoms with Crippen LogP contribution in [-0.2, 0) is 11.2 Å². The van der Waals surface area contributed by atoms with Crippen LogP contribution in [0.1, 0.15) is 12.0 Å². The Kier molecular flexibility index (Phi) is 4.55. The second-order valence-electron chi connectivity index (χ2n) is 5.12. The van der Waals surface area contributed by atoms with E-state index < -0.39 is 0 Å². The third-order valence-corrected chi connectivity index (χ3v) is 4.48. The van der Waals surface area contributed by atoms with E-state index in [9.17, 15) is 4.79 Å². The maximum atomic E-state index is 12.5. The van der Waals surface area contributed by atoms with Crippen LogP contribution in [0.15, 0.2) is 42.5 Å². The lowest BCUT2D eigenvalue weighted by Crippen LogP contribution is -2.38. The lowest BCUT2D eigenvalue weighted by Gasteiger charge is -2.29. The fourth-order valence-electron chi connectivity index (χ4n) is 2.61. The van der Waals surface area contributed by atoms with Gasteiger partial charge in [-0.15, -0.1) is 0 Å². The van der Waals surface area contributed by atoms with Crippen LogP contribution >= 0.6 is 23.2 Å². The summed E-state index contributed by atoms with van der Waals surface area (Å²) in [4.78, 5) is 14.2. The van der Waals surface area contributed by atoms with Gasteiger partial charge < -0.3 is 9.64 Å². The molecule has 0 atom stereocenters. The molecule has 1 aliphatic rings. The van der Waals surface area contributed by atoms with Crippen LogP contribution in [0.5, 0.6) is 5.75 Å². The third-order valence-electron chi connectivity index (χ3n) is 3.68. The van der Waals surface area contributed by atoms with Crippen molar-refractivity contribution in [1.82, 2.24) is 0 Å². The smallest absolute Gasteiger partial charge is 0.264 e. The summed E-state index contributed by atoms with van der Waals surface area (Å²) in [6.45, 7) is 0.650. The largest absolute Gasteiger partial charge is 0.482 e. The van der Waals surface area contributed by atoms with Gasteiger partial charge in [0.05, 0.1) is 5.02 Å². The van der Waals surface area contributed by atoms with Crippen molar-refractivity contribution in [3.8, 4) is 5.75 Å². The fourth-order valence-corrected chi connectivity index (χ4v) is 2.95. The Bertz CT molecular complexity index is 703. The summed E-state index contributed by atoms with van der Waals surface area (Å²) < 4.78 is 5.54. The number of nitrogens with zero attached hydrogens (tertiary/aromatic N) is 1. The van der Waals surface area contributed by atoms with Crippen LogP contribution in [0.4, 0.5) is 5.69 Å². The molecule has 0 saturated carbocycles. The zero-order chi connectivity index (χ0) is 15.5. The number of carbonyl (C=O) groups excluding carboxylic acids is 1. The van der Waals surface area contributed by atoms with Crippen molar-refractivity contribution in [3.63, 3.8) is 0 Å². The van der Waals surface area contributed by atoms with Crippen LogP contribution in [0.25, 0.3) is 0 Å². The summed E-state index contributed by atoms with van der Waals surface area (Å²) in [5.74, 6) is 0.344. The number of halogens is 2. The number of hydrogen-bond donors (Lipinski definition) is 0. The number of anilines is 1. The molecule has 114 valence electrons. The quantitative estimate of drug-likeness (QED) is 0.834. The van der Waals surface area contributed by atoms with Gasteiger partial charge in [0, 0.05) is 12.2 Å². The van der Waals surface area contributed by atoms with Crippen molar-refractivity contribution >= 4 is 34.8 Å². The van der Waals surface area contributed by atoms with Crippen molar-refractivity contribution in [2.75, 3.05) is 18.1 Å². The minimum absolute atomic E-state index is 0.0611. The first-order chi connectivity index (χ1) is 10.7. The molecule has 0 unspecified atom stereocenters. The molecule has 2 aromatic rings. The molecule has 0 aromatic heterocycles. The Morgan fingerprint density at radius 1 is 1.14 bits per heavy atom.